The monoisotopic (exact) mass is 247 g/mol. The number of hydrogen-bond acceptors (Lipinski definition) is 5. The molecule has 92 valence electrons. The number of Topliss-reactive ketones (excluding diaryl/α,β-unsaturated/α-hetero) is 1. The highest BCUT2D eigenvalue weighted by atomic mass is 32.2. The number of ketones is 1. The molecule has 0 radical (unpaired) electrons. The molecule has 4 atom stereocenters. The number of rotatable bonds is 2. The minimum Gasteiger partial charge on any atom is -0.298 e. The van der Waals surface area contributed by atoms with Crippen molar-refractivity contribution in [1.82, 2.24) is 0 Å². The van der Waals surface area contributed by atoms with Gasteiger partial charge >= 0.3 is 0 Å². The maximum Gasteiger partial charge on any atom is 0.293 e. The average molecular weight is 247 g/mol. The standard InChI is InChI=1S/C10H17NO4S/c1-5-6-4-7(10(5,2)3)9(8(6)12)16(13,14)15-11/h5-7,9H,4,11H2,1-3H3/t5?,6-,7-,9?/m1/s1. The quantitative estimate of drug-likeness (QED) is 0.716. The van der Waals surface area contributed by atoms with Crippen LogP contribution >= 0.6 is 0 Å². The van der Waals surface area contributed by atoms with E-state index in [1.165, 1.54) is 0 Å². The predicted octanol–water partition coefficient (Wildman–Crippen LogP) is 0.456. The Balaban J connectivity index is 2.44. The number of carbonyl (C=O) groups is 1. The Morgan fingerprint density at radius 3 is 2.44 bits per heavy atom. The van der Waals surface area contributed by atoms with Crippen molar-refractivity contribution >= 4 is 15.9 Å². The van der Waals surface area contributed by atoms with Gasteiger partial charge in [0.2, 0.25) is 0 Å². The molecule has 0 saturated heterocycles. The van der Waals surface area contributed by atoms with Crippen molar-refractivity contribution < 1.29 is 17.5 Å². The molecule has 2 aliphatic rings. The maximum atomic E-state index is 12.0. The summed E-state index contributed by atoms with van der Waals surface area (Å²) >= 11 is 0. The van der Waals surface area contributed by atoms with Crippen molar-refractivity contribution in [1.29, 1.82) is 0 Å². The van der Waals surface area contributed by atoms with Gasteiger partial charge in [0.1, 0.15) is 5.25 Å². The molecule has 0 aromatic heterocycles. The molecular formula is C10H17NO4S. The summed E-state index contributed by atoms with van der Waals surface area (Å²) in [6.45, 7) is 6.02. The van der Waals surface area contributed by atoms with Gasteiger partial charge in [0.05, 0.1) is 0 Å². The van der Waals surface area contributed by atoms with Crippen LogP contribution in [0.2, 0.25) is 0 Å². The van der Waals surface area contributed by atoms with Crippen LogP contribution in [-0.2, 0) is 19.2 Å². The Bertz CT molecular complexity index is 428. The lowest BCUT2D eigenvalue weighted by Crippen LogP contribution is -2.47. The number of nitrogens with two attached hydrogens (primary N) is 1. The Morgan fingerprint density at radius 1 is 1.44 bits per heavy atom. The van der Waals surface area contributed by atoms with Crippen LogP contribution in [0.25, 0.3) is 0 Å². The van der Waals surface area contributed by atoms with Crippen molar-refractivity contribution in [2.45, 2.75) is 32.4 Å². The van der Waals surface area contributed by atoms with Crippen molar-refractivity contribution in [3.05, 3.63) is 0 Å². The zero-order valence-corrected chi connectivity index (χ0v) is 10.5. The highest BCUT2D eigenvalue weighted by Crippen LogP contribution is 2.59. The van der Waals surface area contributed by atoms with Gasteiger partial charge in [0.25, 0.3) is 10.1 Å². The van der Waals surface area contributed by atoms with Gasteiger partial charge in [0.15, 0.2) is 5.78 Å². The summed E-state index contributed by atoms with van der Waals surface area (Å²) in [5.74, 6) is 4.43. The molecule has 5 nitrogen and oxygen atoms in total. The van der Waals surface area contributed by atoms with E-state index in [9.17, 15) is 13.2 Å². The Labute approximate surface area is 95.4 Å². The third-order valence-electron chi connectivity index (χ3n) is 4.70. The normalized spacial score (nSPS) is 41.6. The zero-order valence-electron chi connectivity index (χ0n) is 9.64. The van der Waals surface area contributed by atoms with Crippen LogP contribution in [0.5, 0.6) is 0 Å². The first-order valence-electron chi connectivity index (χ1n) is 5.39. The SMILES string of the molecule is CC1[C@H]2C[C@H](C(S(=O)(=O)ON)C2=O)C1(C)C. The summed E-state index contributed by atoms with van der Waals surface area (Å²) in [6, 6.07) is 0. The molecule has 2 aliphatic carbocycles. The fourth-order valence-electron chi connectivity index (χ4n) is 3.33. The summed E-state index contributed by atoms with van der Waals surface area (Å²) in [5.41, 5.74) is -0.158. The lowest BCUT2D eigenvalue weighted by atomic mass is 9.69. The van der Waals surface area contributed by atoms with Crippen molar-refractivity contribution in [3.63, 3.8) is 0 Å². The Morgan fingerprint density at radius 2 is 2.00 bits per heavy atom. The number of hydrogen-bond donors (Lipinski definition) is 1. The van der Waals surface area contributed by atoms with E-state index in [-0.39, 0.29) is 29.0 Å². The van der Waals surface area contributed by atoms with E-state index in [1.807, 2.05) is 20.8 Å². The van der Waals surface area contributed by atoms with E-state index < -0.39 is 15.4 Å². The van der Waals surface area contributed by atoms with Gasteiger partial charge in [-0.3, -0.25) is 4.79 Å². The van der Waals surface area contributed by atoms with Crippen LogP contribution in [0.1, 0.15) is 27.2 Å². The average Bonchev–Trinajstić information content (AvgIpc) is 2.64. The Kier molecular flexibility index (Phi) is 2.46. The van der Waals surface area contributed by atoms with Crippen LogP contribution in [-0.4, -0.2) is 19.5 Å². The molecule has 0 amide bonds. The first-order chi connectivity index (χ1) is 7.23. The molecule has 0 heterocycles. The van der Waals surface area contributed by atoms with Crippen molar-refractivity contribution in [2.75, 3.05) is 0 Å². The first-order valence-corrected chi connectivity index (χ1v) is 6.86. The number of carbonyl (C=O) groups excluding carboxylic acids is 1. The molecule has 0 aromatic rings. The van der Waals surface area contributed by atoms with Gasteiger partial charge in [-0.05, 0) is 23.7 Å². The second-order valence-corrected chi connectivity index (χ2v) is 7.16. The second-order valence-electron chi connectivity index (χ2n) is 5.47. The highest BCUT2D eigenvalue weighted by Gasteiger charge is 2.64. The molecule has 16 heavy (non-hydrogen) atoms. The fraction of sp³-hybridized carbons (Fsp3) is 0.900. The van der Waals surface area contributed by atoms with E-state index in [2.05, 4.69) is 4.28 Å². The minimum atomic E-state index is -3.94. The van der Waals surface area contributed by atoms with E-state index in [4.69, 9.17) is 5.90 Å². The Hall–Kier alpha value is -0.460. The molecule has 2 rings (SSSR count). The van der Waals surface area contributed by atoms with Gasteiger partial charge < -0.3 is 0 Å². The molecule has 2 unspecified atom stereocenters. The predicted molar refractivity (Wildman–Crippen MR) is 57.5 cm³/mol. The lowest BCUT2D eigenvalue weighted by molar-refractivity contribution is -0.125. The van der Waals surface area contributed by atoms with E-state index in [0.717, 1.165) is 0 Å². The molecule has 0 aliphatic heterocycles. The van der Waals surface area contributed by atoms with Crippen LogP contribution in [0.15, 0.2) is 0 Å². The molecule has 0 aromatic carbocycles. The smallest absolute Gasteiger partial charge is 0.293 e. The summed E-state index contributed by atoms with van der Waals surface area (Å²) in [4.78, 5) is 12.0. The highest BCUT2D eigenvalue weighted by molar-refractivity contribution is 7.88. The fourth-order valence-corrected chi connectivity index (χ4v) is 4.77. The van der Waals surface area contributed by atoms with Gasteiger partial charge in [-0.15, -0.1) is 0 Å². The lowest BCUT2D eigenvalue weighted by Gasteiger charge is -2.38. The molecule has 2 bridgehead atoms. The summed E-state index contributed by atoms with van der Waals surface area (Å²) in [7, 11) is -3.94. The molecule has 2 fully saturated rings. The van der Waals surface area contributed by atoms with Gasteiger partial charge in [-0.1, -0.05) is 20.8 Å². The van der Waals surface area contributed by atoms with Crippen LogP contribution in [0, 0.1) is 23.2 Å². The van der Waals surface area contributed by atoms with Crippen molar-refractivity contribution in [2.24, 2.45) is 29.1 Å². The molecular weight excluding hydrogens is 230 g/mol. The first kappa shape index (κ1) is 12.0. The van der Waals surface area contributed by atoms with Crippen LogP contribution in [0.4, 0.5) is 0 Å². The third-order valence-corrected chi connectivity index (χ3v) is 6.15. The van der Waals surface area contributed by atoms with Crippen molar-refractivity contribution in [3.8, 4) is 0 Å². The van der Waals surface area contributed by atoms with Crippen LogP contribution < -0.4 is 5.90 Å². The van der Waals surface area contributed by atoms with E-state index in [0.29, 0.717) is 6.42 Å². The number of fused-ring (bicyclic) bond motifs is 2. The van der Waals surface area contributed by atoms with E-state index in [1.54, 1.807) is 0 Å². The molecule has 0 spiro atoms. The second kappa shape index (κ2) is 3.27. The zero-order chi connectivity index (χ0) is 12.3. The minimum absolute atomic E-state index is 0.157. The summed E-state index contributed by atoms with van der Waals surface area (Å²) in [5, 5.41) is -1.06. The molecule has 2 N–H and O–H groups in total. The molecule has 6 heteroatoms. The van der Waals surface area contributed by atoms with Gasteiger partial charge in [-0.2, -0.15) is 18.6 Å². The van der Waals surface area contributed by atoms with Gasteiger partial charge in [-0.25, -0.2) is 0 Å². The maximum absolute atomic E-state index is 12.0. The topological polar surface area (TPSA) is 86.5 Å². The third kappa shape index (κ3) is 1.30. The van der Waals surface area contributed by atoms with E-state index >= 15 is 0 Å². The largest absolute Gasteiger partial charge is 0.298 e. The molecule has 2 saturated carbocycles. The van der Waals surface area contributed by atoms with Crippen LogP contribution in [0.3, 0.4) is 0 Å². The summed E-state index contributed by atoms with van der Waals surface area (Å²) < 4.78 is 27.3. The summed E-state index contributed by atoms with van der Waals surface area (Å²) in [6.07, 6.45) is 0.639. The van der Waals surface area contributed by atoms with Gasteiger partial charge in [0, 0.05) is 5.92 Å².